The average molecular weight is 275 g/mol. The molecular weight excluding hydrogens is 258 g/mol. The Kier molecular flexibility index (Phi) is 3.69. The van der Waals surface area contributed by atoms with Gasteiger partial charge in [0.15, 0.2) is 5.78 Å². The Bertz CT molecular complexity index is 535. The first-order chi connectivity index (χ1) is 9.74. The molecule has 2 aliphatic heterocycles. The molecule has 1 atom stereocenters. The zero-order valence-electron chi connectivity index (χ0n) is 11.2. The Labute approximate surface area is 117 Å². The first-order valence-electron chi connectivity index (χ1n) is 6.94. The van der Waals surface area contributed by atoms with E-state index in [0.29, 0.717) is 36.4 Å². The van der Waals surface area contributed by atoms with Crippen LogP contribution in [0.1, 0.15) is 40.0 Å². The lowest BCUT2D eigenvalue weighted by Gasteiger charge is -2.10. The highest BCUT2D eigenvalue weighted by Gasteiger charge is 2.22. The summed E-state index contributed by atoms with van der Waals surface area (Å²) in [6.45, 7) is 1.66. The minimum absolute atomic E-state index is 0.0109. The van der Waals surface area contributed by atoms with E-state index in [0.717, 1.165) is 19.4 Å². The van der Waals surface area contributed by atoms with E-state index in [1.807, 2.05) is 0 Å². The second-order valence-electron chi connectivity index (χ2n) is 5.08. The minimum Gasteiger partial charge on any atom is -0.491 e. The molecule has 5 heteroatoms. The van der Waals surface area contributed by atoms with Gasteiger partial charge >= 0.3 is 0 Å². The van der Waals surface area contributed by atoms with Crippen molar-refractivity contribution in [2.24, 2.45) is 0 Å². The number of fused-ring (bicyclic) bond motifs is 1. The smallest absolute Gasteiger partial charge is 0.255 e. The second kappa shape index (κ2) is 5.63. The van der Waals surface area contributed by atoms with E-state index in [1.54, 1.807) is 18.2 Å². The van der Waals surface area contributed by atoms with Gasteiger partial charge in [-0.25, -0.2) is 0 Å². The summed E-state index contributed by atoms with van der Waals surface area (Å²) in [4.78, 5) is 24.1. The van der Waals surface area contributed by atoms with Crippen LogP contribution in [0.2, 0.25) is 0 Å². The Morgan fingerprint density at radius 2 is 2.25 bits per heavy atom. The monoisotopic (exact) mass is 275 g/mol. The zero-order valence-corrected chi connectivity index (χ0v) is 11.2. The molecule has 3 rings (SSSR count). The first kappa shape index (κ1) is 13.1. The van der Waals surface area contributed by atoms with Crippen molar-refractivity contribution in [1.29, 1.82) is 0 Å². The van der Waals surface area contributed by atoms with E-state index < -0.39 is 0 Å². The highest BCUT2D eigenvalue weighted by atomic mass is 16.5. The quantitative estimate of drug-likeness (QED) is 0.850. The maximum Gasteiger partial charge on any atom is 0.255 e. The van der Waals surface area contributed by atoms with Crippen LogP contribution in [0.5, 0.6) is 5.75 Å². The molecule has 2 aliphatic rings. The summed E-state index contributed by atoms with van der Waals surface area (Å²) < 4.78 is 10.9. The van der Waals surface area contributed by atoms with E-state index >= 15 is 0 Å². The number of rotatable bonds is 3. The third-order valence-electron chi connectivity index (χ3n) is 3.63. The van der Waals surface area contributed by atoms with Gasteiger partial charge < -0.3 is 14.8 Å². The fourth-order valence-corrected chi connectivity index (χ4v) is 2.56. The number of hydrogen-bond donors (Lipinski definition) is 1. The van der Waals surface area contributed by atoms with E-state index in [4.69, 9.17) is 9.47 Å². The number of Topliss-reactive ketones (excluding diaryl/α,β-unsaturated/α-hetero) is 1. The molecule has 1 unspecified atom stereocenters. The second-order valence-corrected chi connectivity index (χ2v) is 5.08. The van der Waals surface area contributed by atoms with Gasteiger partial charge in [-0.15, -0.1) is 0 Å². The van der Waals surface area contributed by atoms with Crippen LogP contribution in [0.4, 0.5) is 0 Å². The molecule has 0 aliphatic carbocycles. The molecule has 106 valence electrons. The molecule has 1 saturated heterocycles. The summed E-state index contributed by atoms with van der Waals surface area (Å²) in [6, 6.07) is 5.03. The number of nitrogens with one attached hydrogen (secondary N) is 1. The molecule has 0 spiro atoms. The average Bonchev–Trinajstić information content (AvgIpc) is 2.89. The molecule has 0 bridgehead atoms. The SMILES string of the molecule is O=C(CC1CCCO1)c1ccc2c(c1)C(=O)NCCO2. The van der Waals surface area contributed by atoms with Crippen LogP contribution in [0.15, 0.2) is 18.2 Å². The standard InChI is InChI=1S/C15H17NO4/c17-13(9-11-2-1-6-19-11)10-3-4-14-12(8-10)15(18)16-5-7-20-14/h3-4,8,11H,1-2,5-7,9H2,(H,16,18). The molecule has 0 saturated carbocycles. The van der Waals surface area contributed by atoms with Crippen molar-refractivity contribution in [1.82, 2.24) is 5.32 Å². The van der Waals surface area contributed by atoms with E-state index in [-0.39, 0.29) is 17.8 Å². The highest BCUT2D eigenvalue weighted by Crippen LogP contribution is 2.24. The van der Waals surface area contributed by atoms with Gasteiger partial charge in [-0.1, -0.05) is 0 Å². The van der Waals surface area contributed by atoms with Crippen molar-refractivity contribution >= 4 is 11.7 Å². The lowest BCUT2D eigenvalue weighted by atomic mass is 10.0. The molecule has 1 aromatic carbocycles. The molecule has 0 radical (unpaired) electrons. The van der Waals surface area contributed by atoms with Crippen LogP contribution in [0.25, 0.3) is 0 Å². The summed E-state index contributed by atoms with van der Waals surface area (Å²) in [5.74, 6) is 0.356. The van der Waals surface area contributed by atoms with Gasteiger partial charge in [0.25, 0.3) is 5.91 Å². The summed E-state index contributed by atoms with van der Waals surface area (Å²) in [5, 5.41) is 2.74. The van der Waals surface area contributed by atoms with Gasteiger partial charge in [0.1, 0.15) is 12.4 Å². The van der Waals surface area contributed by atoms with E-state index in [2.05, 4.69) is 5.32 Å². The number of benzene rings is 1. The number of hydrogen-bond acceptors (Lipinski definition) is 4. The molecule has 1 aromatic rings. The molecule has 1 amide bonds. The number of carbonyl (C=O) groups excluding carboxylic acids is 2. The molecule has 0 aromatic heterocycles. The van der Waals surface area contributed by atoms with Crippen LogP contribution in [0.3, 0.4) is 0 Å². The number of ether oxygens (including phenoxy) is 2. The molecule has 5 nitrogen and oxygen atoms in total. The van der Waals surface area contributed by atoms with Crippen LogP contribution in [-0.4, -0.2) is 37.6 Å². The summed E-state index contributed by atoms with van der Waals surface area (Å²) in [7, 11) is 0. The fraction of sp³-hybridized carbons (Fsp3) is 0.467. The van der Waals surface area contributed by atoms with Gasteiger partial charge in [-0.2, -0.15) is 0 Å². The summed E-state index contributed by atoms with van der Waals surface area (Å²) >= 11 is 0. The number of ketones is 1. The van der Waals surface area contributed by atoms with Gasteiger partial charge in [0, 0.05) is 18.6 Å². The Balaban J connectivity index is 1.80. The predicted molar refractivity (Wildman–Crippen MR) is 72.2 cm³/mol. The predicted octanol–water partition coefficient (Wildman–Crippen LogP) is 1.56. The largest absolute Gasteiger partial charge is 0.491 e. The van der Waals surface area contributed by atoms with Crippen molar-refractivity contribution in [2.75, 3.05) is 19.8 Å². The minimum atomic E-state index is -0.190. The number of carbonyl (C=O) groups is 2. The van der Waals surface area contributed by atoms with Crippen molar-refractivity contribution < 1.29 is 19.1 Å². The third kappa shape index (κ3) is 2.67. The van der Waals surface area contributed by atoms with Gasteiger partial charge in [-0.05, 0) is 31.0 Å². The van der Waals surface area contributed by atoms with Crippen LogP contribution in [-0.2, 0) is 4.74 Å². The van der Waals surface area contributed by atoms with Gasteiger partial charge in [0.2, 0.25) is 0 Å². The lowest BCUT2D eigenvalue weighted by Crippen LogP contribution is -2.24. The zero-order chi connectivity index (χ0) is 13.9. The van der Waals surface area contributed by atoms with Crippen molar-refractivity contribution in [2.45, 2.75) is 25.4 Å². The number of amides is 1. The van der Waals surface area contributed by atoms with Gasteiger partial charge in [-0.3, -0.25) is 9.59 Å². The molecule has 1 fully saturated rings. The topological polar surface area (TPSA) is 64.6 Å². The molecule has 20 heavy (non-hydrogen) atoms. The van der Waals surface area contributed by atoms with Crippen LogP contribution >= 0.6 is 0 Å². The van der Waals surface area contributed by atoms with Gasteiger partial charge in [0.05, 0.1) is 18.2 Å². The lowest BCUT2D eigenvalue weighted by molar-refractivity contribution is 0.0775. The van der Waals surface area contributed by atoms with Crippen molar-refractivity contribution in [3.8, 4) is 5.75 Å². The third-order valence-corrected chi connectivity index (χ3v) is 3.63. The Hall–Kier alpha value is -1.88. The van der Waals surface area contributed by atoms with E-state index in [9.17, 15) is 9.59 Å². The van der Waals surface area contributed by atoms with Crippen molar-refractivity contribution in [3.63, 3.8) is 0 Å². The normalized spacial score (nSPS) is 21.6. The Morgan fingerprint density at radius 3 is 3.05 bits per heavy atom. The maximum atomic E-state index is 12.2. The van der Waals surface area contributed by atoms with Crippen molar-refractivity contribution in [3.05, 3.63) is 29.3 Å². The Morgan fingerprint density at radius 1 is 1.35 bits per heavy atom. The maximum absolute atomic E-state index is 12.2. The van der Waals surface area contributed by atoms with Crippen LogP contribution < -0.4 is 10.1 Å². The molecule has 1 N–H and O–H groups in total. The summed E-state index contributed by atoms with van der Waals surface area (Å²) in [5.41, 5.74) is 0.973. The molecule has 2 heterocycles. The highest BCUT2D eigenvalue weighted by molar-refractivity contribution is 6.02. The first-order valence-corrected chi connectivity index (χ1v) is 6.94. The fourth-order valence-electron chi connectivity index (χ4n) is 2.56. The molecular formula is C15H17NO4. The summed E-state index contributed by atoms with van der Waals surface area (Å²) in [6.07, 6.45) is 2.34. The van der Waals surface area contributed by atoms with E-state index in [1.165, 1.54) is 0 Å². The van der Waals surface area contributed by atoms with Crippen LogP contribution in [0, 0.1) is 0 Å².